The highest BCUT2D eigenvalue weighted by Crippen LogP contribution is 2.49. The van der Waals surface area contributed by atoms with Crippen LogP contribution in [0.5, 0.6) is 0 Å². The maximum absolute atomic E-state index is 11.7. The summed E-state index contributed by atoms with van der Waals surface area (Å²) in [5.74, 6) is 0.0418. The smallest absolute Gasteiger partial charge is 0.337 e. The number of allylic oxidation sites excluding steroid dienone is 1. The van der Waals surface area contributed by atoms with Crippen LogP contribution in [0.2, 0.25) is 5.02 Å². The zero-order chi connectivity index (χ0) is 16.6. The third kappa shape index (κ3) is 3.04. The van der Waals surface area contributed by atoms with Crippen molar-refractivity contribution in [2.45, 2.75) is 24.7 Å². The summed E-state index contributed by atoms with van der Waals surface area (Å²) >= 11 is 7.82. The largest absolute Gasteiger partial charge is 0.465 e. The molecule has 0 aliphatic heterocycles. The Morgan fingerprint density at radius 3 is 2.74 bits per heavy atom. The molecule has 23 heavy (non-hydrogen) atoms. The first-order valence-corrected chi connectivity index (χ1v) is 8.57. The first-order valence-electron chi connectivity index (χ1n) is 7.38. The van der Waals surface area contributed by atoms with Crippen molar-refractivity contribution < 1.29 is 9.53 Å². The second kappa shape index (κ2) is 6.42. The summed E-state index contributed by atoms with van der Waals surface area (Å²) in [7, 11) is 1.40. The Morgan fingerprint density at radius 2 is 2.00 bits per heavy atom. The van der Waals surface area contributed by atoms with Crippen molar-refractivity contribution in [3.05, 3.63) is 69.8 Å². The monoisotopic (exact) mass is 344 g/mol. The molecule has 118 valence electrons. The molecule has 3 rings (SSSR count). The molecular formula is C19H17ClO2S. The van der Waals surface area contributed by atoms with Crippen molar-refractivity contribution >= 4 is 34.2 Å². The van der Waals surface area contributed by atoms with Crippen molar-refractivity contribution in [2.75, 3.05) is 7.11 Å². The molecule has 1 aliphatic carbocycles. The van der Waals surface area contributed by atoms with Crippen molar-refractivity contribution in [1.82, 2.24) is 0 Å². The number of carbonyl (C=O) groups excluding carboxylic acids is 1. The van der Waals surface area contributed by atoms with Crippen LogP contribution < -0.4 is 0 Å². The molecular weight excluding hydrogens is 328 g/mol. The molecule has 1 atom stereocenters. The molecule has 0 saturated heterocycles. The topological polar surface area (TPSA) is 26.3 Å². The second-order valence-electron chi connectivity index (χ2n) is 5.59. The SMILES string of the molecule is COC(=O)c1cccc(SC2=C(C)C(C)c3cc(Cl)ccc32)c1. The molecule has 0 N–H and O–H groups in total. The van der Waals surface area contributed by atoms with Gasteiger partial charge in [0.2, 0.25) is 0 Å². The molecule has 0 aromatic heterocycles. The van der Waals surface area contributed by atoms with E-state index < -0.39 is 0 Å². The van der Waals surface area contributed by atoms with E-state index in [1.807, 2.05) is 30.3 Å². The Bertz CT molecular complexity index is 811. The molecule has 2 aromatic carbocycles. The van der Waals surface area contributed by atoms with Gasteiger partial charge in [0.15, 0.2) is 0 Å². The quantitative estimate of drug-likeness (QED) is 0.661. The fraction of sp³-hybridized carbons (Fsp3) is 0.211. The highest BCUT2D eigenvalue weighted by atomic mass is 35.5. The molecule has 1 unspecified atom stereocenters. The zero-order valence-corrected chi connectivity index (χ0v) is 14.8. The Hall–Kier alpha value is -1.71. The first kappa shape index (κ1) is 16.2. The van der Waals surface area contributed by atoms with Crippen LogP contribution in [0, 0.1) is 0 Å². The van der Waals surface area contributed by atoms with Gasteiger partial charge in [-0.1, -0.05) is 48.0 Å². The summed E-state index contributed by atoms with van der Waals surface area (Å²) in [5.41, 5.74) is 4.39. The summed E-state index contributed by atoms with van der Waals surface area (Å²) in [6.45, 7) is 4.36. The van der Waals surface area contributed by atoms with E-state index in [4.69, 9.17) is 16.3 Å². The van der Waals surface area contributed by atoms with Gasteiger partial charge in [0.25, 0.3) is 0 Å². The molecule has 2 nitrogen and oxygen atoms in total. The Kier molecular flexibility index (Phi) is 4.51. The minimum absolute atomic E-state index is 0.315. The van der Waals surface area contributed by atoms with Gasteiger partial charge in [0.05, 0.1) is 12.7 Å². The fourth-order valence-electron chi connectivity index (χ4n) is 2.80. The van der Waals surface area contributed by atoms with Crippen molar-refractivity contribution in [3.8, 4) is 0 Å². The number of hydrogen-bond acceptors (Lipinski definition) is 3. The van der Waals surface area contributed by atoms with E-state index in [0.717, 1.165) is 9.92 Å². The van der Waals surface area contributed by atoms with Gasteiger partial charge < -0.3 is 4.74 Å². The van der Waals surface area contributed by atoms with Crippen LogP contribution in [0.3, 0.4) is 0 Å². The standard InChI is InChI=1S/C19H17ClO2S/c1-11-12(2)18(16-8-7-14(20)10-17(11)16)23-15-6-4-5-13(9-15)19(21)22-3/h4-11H,1-3H3. The highest BCUT2D eigenvalue weighted by Gasteiger charge is 2.26. The van der Waals surface area contributed by atoms with E-state index in [2.05, 4.69) is 19.9 Å². The van der Waals surface area contributed by atoms with E-state index in [1.54, 1.807) is 17.8 Å². The van der Waals surface area contributed by atoms with Gasteiger partial charge >= 0.3 is 5.97 Å². The van der Waals surface area contributed by atoms with Crippen LogP contribution in [0.1, 0.15) is 41.3 Å². The molecule has 2 aromatic rings. The number of halogens is 1. The number of fused-ring (bicyclic) bond motifs is 1. The molecule has 1 aliphatic rings. The van der Waals surface area contributed by atoms with E-state index >= 15 is 0 Å². The number of hydrogen-bond donors (Lipinski definition) is 0. The first-order chi connectivity index (χ1) is 11.0. The molecule has 0 heterocycles. The van der Waals surface area contributed by atoms with Crippen LogP contribution in [-0.2, 0) is 4.74 Å². The van der Waals surface area contributed by atoms with Gasteiger partial charge in [-0.25, -0.2) is 4.79 Å². The van der Waals surface area contributed by atoms with E-state index in [0.29, 0.717) is 11.5 Å². The molecule has 0 saturated carbocycles. The van der Waals surface area contributed by atoms with Crippen LogP contribution in [0.15, 0.2) is 52.9 Å². The number of carbonyl (C=O) groups is 1. The van der Waals surface area contributed by atoms with Crippen LogP contribution in [0.4, 0.5) is 0 Å². The fourth-order valence-corrected chi connectivity index (χ4v) is 4.18. The second-order valence-corrected chi connectivity index (χ2v) is 7.11. The minimum Gasteiger partial charge on any atom is -0.465 e. The lowest BCUT2D eigenvalue weighted by atomic mass is 9.99. The summed E-state index contributed by atoms with van der Waals surface area (Å²) in [6.07, 6.45) is 0. The lowest BCUT2D eigenvalue weighted by Crippen LogP contribution is -2.00. The summed E-state index contributed by atoms with van der Waals surface area (Å²) < 4.78 is 4.79. The van der Waals surface area contributed by atoms with E-state index in [-0.39, 0.29) is 5.97 Å². The molecule has 0 amide bonds. The normalized spacial score (nSPS) is 16.4. The van der Waals surface area contributed by atoms with Crippen molar-refractivity contribution in [1.29, 1.82) is 0 Å². The van der Waals surface area contributed by atoms with Gasteiger partial charge in [-0.05, 0) is 48.4 Å². The van der Waals surface area contributed by atoms with Crippen LogP contribution in [0.25, 0.3) is 4.91 Å². The van der Waals surface area contributed by atoms with Gasteiger partial charge in [-0.15, -0.1) is 0 Å². The number of ether oxygens (including phenoxy) is 1. The van der Waals surface area contributed by atoms with Crippen molar-refractivity contribution in [2.24, 2.45) is 0 Å². The zero-order valence-electron chi connectivity index (χ0n) is 13.2. The Balaban J connectivity index is 1.96. The maximum Gasteiger partial charge on any atom is 0.337 e. The maximum atomic E-state index is 11.7. The Morgan fingerprint density at radius 1 is 1.22 bits per heavy atom. The van der Waals surface area contributed by atoms with Crippen molar-refractivity contribution in [3.63, 3.8) is 0 Å². The van der Waals surface area contributed by atoms with Crippen LogP contribution in [-0.4, -0.2) is 13.1 Å². The third-order valence-corrected chi connectivity index (χ3v) is 5.68. The van der Waals surface area contributed by atoms with Gasteiger partial charge in [-0.3, -0.25) is 0 Å². The van der Waals surface area contributed by atoms with E-state index in [9.17, 15) is 4.79 Å². The molecule has 0 radical (unpaired) electrons. The predicted molar refractivity (Wildman–Crippen MR) is 96.1 cm³/mol. The lowest BCUT2D eigenvalue weighted by molar-refractivity contribution is 0.0600. The average Bonchev–Trinajstić information content (AvgIpc) is 2.79. The molecule has 0 bridgehead atoms. The number of esters is 1. The minimum atomic E-state index is -0.315. The van der Waals surface area contributed by atoms with Gasteiger partial charge in [0, 0.05) is 20.7 Å². The number of rotatable bonds is 3. The number of methoxy groups -OCH3 is 1. The number of benzene rings is 2. The summed E-state index contributed by atoms with van der Waals surface area (Å²) in [6, 6.07) is 13.6. The lowest BCUT2D eigenvalue weighted by Gasteiger charge is -2.08. The predicted octanol–water partition coefficient (Wildman–Crippen LogP) is 5.77. The number of thioether (sulfide) groups is 1. The molecule has 0 fully saturated rings. The molecule has 0 spiro atoms. The Labute approximate surface area is 145 Å². The van der Waals surface area contributed by atoms with E-state index in [1.165, 1.54) is 28.7 Å². The summed E-state index contributed by atoms with van der Waals surface area (Å²) in [5, 5.41) is 0.766. The van der Waals surface area contributed by atoms with Gasteiger partial charge in [-0.2, -0.15) is 0 Å². The van der Waals surface area contributed by atoms with Gasteiger partial charge in [0.1, 0.15) is 0 Å². The highest BCUT2D eigenvalue weighted by molar-refractivity contribution is 8.08. The summed E-state index contributed by atoms with van der Waals surface area (Å²) in [4.78, 5) is 14.0. The average molecular weight is 345 g/mol. The van der Waals surface area contributed by atoms with Crippen LogP contribution >= 0.6 is 23.4 Å². The third-order valence-electron chi connectivity index (χ3n) is 4.21. The molecule has 4 heteroatoms.